The van der Waals surface area contributed by atoms with Crippen LogP contribution < -0.4 is 9.62 Å². The van der Waals surface area contributed by atoms with E-state index >= 15 is 0 Å². The maximum atomic E-state index is 12.8. The van der Waals surface area contributed by atoms with E-state index in [1.807, 2.05) is 45.8 Å². The largest absolute Gasteiger partial charge is 0.465 e. The molecule has 1 N–H and O–H groups in total. The highest BCUT2D eigenvalue weighted by Crippen LogP contribution is 2.23. The van der Waals surface area contributed by atoms with Gasteiger partial charge in [-0.3, -0.25) is 9.20 Å². The van der Waals surface area contributed by atoms with Crippen molar-refractivity contribution in [3.8, 4) is 0 Å². The van der Waals surface area contributed by atoms with Gasteiger partial charge in [0.1, 0.15) is 6.54 Å². The maximum absolute atomic E-state index is 12.8. The minimum Gasteiger partial charge on any atom is -0.465 e. The smallest absolute Gasteiger partial charge is 0.325 e. The molecule has 2 aromatic carbocycles. The Morgan fingerprint density at radius 3 is 2.77 bits per heavy atom. The number of unbranched alkanes of at least 4 members (excludes halogenated alkanes) is 3. The molecule has 0 radical (unpaired) electrons. The maximum Gasteiger partial charge on any atom is 0.325 e. The molecule has 0 aliphatic heterocycles. The first-order valence-electron chi connectivity index (χ1n) is 11.7. The van der Waals surface area contributed by atoms with Gasteiger partial charge in [0.05, 0.1) is 11.5 Å². The van der Waals surface area contributed by atoms with Crippen LogP contribution in [0.1, 0.15) is 32.6 Å². The molecule has 0 spiro atoms. The van der Waals surface area contributed by atoms with E-state index in [0.29, 0.717) is 30.5 Å². The summed E-state index contributed by atoms with van der Waals surface area (Å²) in [6.45, 7) is 3.25. The number of sulfonamides is 1. The van der Waals surface area contributed by atoms with Crippen molar-refractivity contribution in [2.75, 3.05) is 31.1 Å². The van der Waals surface area contributed by atoms with Crippen LogP contribution in [0.3, 0.4) is 0 Å². The number of fused-ring (bicyclic) bond motifs is 2. The summed E-state index contributed by atoms with van der Waals surface area (Å²) in [6, 6.07) is 12.8. The molecule has 0 bridgehead atoms. The number of nitrogens with one attached hydrogen (secondary N) is 1. The summed E-state index contributed by atoms with van der Waals surface area (Å²) < 4.78 is 39.8. The summed E-state index contributed by atoms with van der Waals surface area (Å²) in [7, 11) is -3.58. The predicted molar refractivity (Wildman–Crippen MR) is 137 cm³/mol. The van der Waals surface area contributed by atoms with Crippen LogP contribution in [0.4, 0.5) is 5.95 Å². The number of carbonyl (C=O) groups is 1. The Labute approximate surface area is 209 Å². The lowest BCUT2D eigenvalue weighted by molar-refractivity contribution is -0.141. The topological polar surface area (TPSA) is 106 Å². The summed E-state index contributed by atoms with van der Waals surface area (Å²) in [4.78, 5) is 19.3. The first kappa shape index (κ1) is 25.1. The van der Waals surface area contributed by atoms with E-state index < -0.39 is 10.0 Å². The summed E-state index contributed by atoms with van der Waals surface area (Å²) in [5.41, 5.74) is 0. The molecule has 0 aliphatic carbocycles. The molecule has 2 aromatic heterocycles. The molecule has 0 saturated carbocycles. The molecule has 2 heterocycles. The third kappa shape index (κ3) is 6.16. The number of anilines is 1. The van der Waals surface area contributed by atoms with Crippen molar-refractivity contribution >= 4 is 49.2 Å². The van der Waals surface area contributed by atoms with Crippen LogP contribution in [0, 0.1) is 0 Å². The number of esters is 1. The van der Waals surface area contributed by atoms with Gasteiger partial charge in [0.2, 0.25) is 20.9 Å². The van der Waals surface area contributed by atoms with Gasteiger partial charge in [-0.1, -0.05) is 49.2 Å². The normalized spacial score (nSPS) is 11.8. The molecule has 0 saturated heterocycles. The molecule has 186 valence electrons. The minimum atomic E-state index is -3.58. The fourth-order valence-corrected chi connectivity index (χ4v) is 5.96. The zero-order valence-corrected chi connectivity index (χ0v) is 21.2. The van der Waals surface area contributed by atoms with E-state index in [0.717, 1.165) is 41.4 Å². The third-order valence-corrected chi connectivity index (χ3v) is 7.86. The van der Waals surface area contributed by atoms with Gasteiger partial charge in [-0.2, -0.15) is 4.37 Å². The molecule has 4 rings (SSSR count). The standard InChI is InChI=1S/C24H29N5O4S2/c1-2-33-22(30)18-28(23-27-34-24-25-15-17-29(23)24)16-8-4-3-7-14-26-35(31,32)21-13-9-11-19-10-5-6-12-20(19)21/h5-6,9-13,15,17,26H,2-4,7-8,14,16,18H2,1H3. The Bertz CT molecular complexity index is 1380. The number of imidazole rings is 1. The van der Waals surface area contributed by atoms with Crippen LogP contribution in [0.2, 0.25) is 0 Å². The van der Waals surface area contributed by atoms with Crippen molar-refractivity contribution in [1.82, 2.24) is 18.5 Å². The van der Waals surface area contributed by atoms with Crippen molar-refractivity contribution in [1.29, 1.82) is 0 Å². The number of ether oxygens (including phenoxy) is 1. The molecule has 0 unspecified atom stereocenters. The zero-order valence-electron chi connectivity index (χ0n) is 19.6. The average molecular weight is 516 g/mol. The number of hydrogen-bond acceptors (Lipinski definition) is 8. The van der Waals surface area contributed by atoms with Crippen LogP contribution in [0.25, 0.3) is 15.7 Å². The molecular weight excluding hydrogens is 486 g/mol. The molecule has 11 heteroatoms. The quantitative estimate of drug-likeness (QED) is 0.213. The minimum absolute atomic E-state index is 0.121. The SMILES string of the molecule is CCOC(=O)CN(CCCCCCNS(=O)(=O)c1cccc2ccccc12)c1nsc2nccn12. The highest BCUT2D eigenvalue weighted by atomic mass is 32.2. The van der Waals surface area contributed by atoms with Crippen molar-refractivity contribution < 1.29 is 17.9 Å². The molecule has 4 aromatic rings. The van der Waals surface area contributed by atoms with Gasteiger partial charge in [0.15, 0.2) is 0 Å². The Balaban J connectivity index is 1.26. The summed E-state index contributed by atoms with van der Waals surface area (Å²) in [5, 5.41) is 1.62. The number of benzene rings is 2. The van der Waals surface area contributed by atoms with E-state index in [4.69, 9.17) is 4.74 Å². The summed E-state index contributed by atoms with van der Waals surface area (Å²) >= 11 is 1.28. The highest BCUT2D eigenvalue weighted by Gasteiger charge is 2.19. The Morgan fingerprint density at radius 2 is 1.91 bits per heavy atom. The fourth-order valence-electron chi connectivity index (χ4n) is 3.95. The van der Waals surface area contributed by atoms with Crippen molar-refractivity contribution in [2.24, 2.45) is 0 Å². The van der Waals surface area contributed by atoms with E-state index in [1.54, 1.807) is 25.3 Å². The lowest BCUT2D eigenvalue weighted by Gasteiger charge is -2.21. The Hall–Kier alpha value is -3.02. The van der Waals surface area contributed by atoms with Crippen LogP contribution in [-0.2, 0) is 19.6 Å². The van der Waals surface area contributed by atoms with Crippen molar-refractivity contribution in [3.05, 3.63) is 54.9 Å². The van der Waals surface area contributed by atoms with Gasteiger partial charge in [-0.25, -0.2) is 18.1 Å². The van der Waals surface area contributed by atoms with Gasteiger partial charge in [-0.15, -0.1) is 0 Å². The number of carbonyl (C=O) groups excluding carboxylic acids is 1. The van der Waals surface area contributed by atoms with Crippen molar-refractivity contribution in [3.63, 3.8) is 0 Å². The third-order valence-electron chi connectivity index (χ3n) is 5.63. The monoisotopic (exact) mass is 515 g/mol. The molecule has 0 atom stereocenters. The van der Waals surface area contributed by atoms with Crippen LogP contribution in [0.5, 0.6) is 0 Å². The summed E-state index contributed by atoms with van der Waals surface area (Å²) in [6.07, 6.45) is 6.86. The zero-order chi connectivity index (χ0) is 24.7. The van der Waals surface area contributed by atoms with Crippen molar-refractivity contribution in [2.45, 2.75) is 37.5 Å². The first-order chi connectivity index (χ1) is 17.0. The van der Waals surface area contributed by atoms with Gasteiger partial charge in [-0.05, 0) is 31.2 Å². The second kappa shape index (κ2) is 11.6. The average Bonchev–Trinajstić information content (AvgIpc) is 3.47. The van der Waals surface area contributed by atoms with E-state index in [9.17, 15) is 13.2 Å². The van der Waals surface area contributed by atoms with Gasteiger partial charge in [0, 0.05) is 42.4 Å². The van der Waals surface area contributed by atoms with E-state index in [2.05, 4.69) is 14.1 Å². The van der Waals surface area contributed by atoms with E-state index in [-0.39, 0.29) is 12.5 Å². The first-order valence-corrected chi connectivity index (χ1v) is 13.9. The molecular formula is C24H29N5O4S2. The lowest BCUT2D eigenvalue weighted by atomic mass is 10.1. The highest BCUT2D eigenvalue weighted by molar-refractivity contribution is 7.89. The van der Waals surface area contributed by atoms with Gasteiger partial charge >= 0.3 is 5.97 Å². The van der Waals surface area contributed by atoms with Crippen LogP contribution >= 0.6 is 11.5 Å². The van der Waals surface area contributed by atoms with Crippen LogP contribution in [0.15, 0.2) is 59.8 Å². The molecule has 0 aliphatic rings. The number of aromatic nitrogens is 3. The molecule has 0 fully saturated rings. The van der Waals surface area contributed by atoms with Gasteiger partial charge < -0.3 is 9.64 Å². The second-order valence-corrected chi connectivity index (χ2v) is 10.5. The lowest BCUT2D eigenvalue weighted by Crippen LogP contribution is -2.33. The fraction of sp³-hybridized carbons (Fsp3) is 0.375. The Morgan fingerprint density at radius 1 is 1.11 bits per heavy atom. The van der Waals surface area contributed by atoms with Crippen LogP contribution in [-0.4, -0.2) is 54.4 Å². The predicted octanol–water partition coefficient (Wildman–Crippen LogP) is 3.85. The van der Waals surface area contributed by atoms with Gasteiger partial charge in [0.25, 0.3) is 0 Å². The molecule has 0 amide bonds. The number of hydrogen-bond donors (Lipinski definition) is 1. The second-order valence-electron chi connectivity index (χ2n) is 8.08. The number of nitrogens with zero attached hydrogens (tertiary/aromatic N) is 4. The number of rotatable bonds is 13. The molecule has 9 nitrogen and oxygen atoms in total. The Kier molecular flexibility index (Phi) is 8.32. The molecule has 35 heavy (non-hydrogen) atoms. The summed E-state index contributed by atoms with van der Waals surface area (Å²) in [5.74, 6) is 0.384. The van der Waals surface area contributed by atoms with E-state index in [1.165, 1.54) is 11.5 Å².